The number of rotatable bonds is 7. The van der Waals surface area contributed by atoms with Gasteiger partial charge in [-0.05, 0) is 27.0 Å². The second kappa shape index (κ2) is 6.80. The summed E-state index contributed by atoms with van der Waals surface area (Å²) in [5, 5.41) is 3.29. The third-order valence-electron chi connectivity index (χ3n) is 2.48. The summed E-state index contributed by atoms with van der Waals surface area (Å²) in [5.41, 5.74) is 5.75. The lowest BCUT2D eigenvalue weighted by molar-refractivity contribution is 0.128. The standard InChI is InChI=1S/C12H22N4OS/c1-5-17-7-11-15-9(13)6-10(16-11)14-8-12(2,3)18-4/h6H,5,7-8H2,1-4H3,(H3,13,14,15,16). The topological polar surface area (TPSA) is 73.1 Å². The first-order valence-corrected chi connectivity index (χ1v) is 7.19. The molecule has 18 heavy (non-hydrogen) atoms. The number of thioether (sulfide) groups is 1. The van der Waals surface area contributed by atoms with Crippen LogP contribution in [0.1, 0.15) is 26.6 Å². The maximum Gasteiger partial charge on any atom is 0.158 e. The average molecular weight is 270 g/mol. The van der Waals surface area contributed by atoms with Crippen LogP contribution in [0.4, 0.5) is 11.6 Å². The van der Waals surface area contributed by atoms with E-state index in [0.717, 1.165) is 12.4 Å². The predicted molar refractivity (Wildman–Crippen MR) is 77.9 cm³/mol. The highest BCUT2D eigenvalue weighted by atomic mass is 32.2. The molecule has 1 rings (SSSR count). The van der Waals surface area contributed by atoms with Gasteiger partial charge in [0.25, 0.3) is 0 Å². The Morgan fingerprint density at radius 2 is 2.17 bits per heavy atom. The van der Waals surface area contributed by atoms with Crippen molar-refractivity contribution < 1.29 is 4.74 Å². The molecular formula is C12H22N4OS. The van der Waals surface area contributed by atoms with Crippen molar-refractivity contribution in [3.63, 3.8) is 0 Å². The maximum atomic E-state index is 5.75. The van der Waals surface area contributed by atoms with Crippen LogP contribution in [0.3, 0.4) is 0 Å². The first-order chi connectivity index (χ1) is 8.46. The number of ether oxygens (including phenoxy) is 1. The zero-order valence-corrected chi connectivity index (χ0v) is 12.3. The molecule has 0 unspecified atom stereocenters. The van der Waals surface area contributed by atoms with Crippen molar-refractivity contribution >= 4 is 23.4 Å². The van der Waals surface area contributed by atoms with Crippen molar-refractivity contribution in [2.24, 2.45) is 0 Å². The van der Waals surface area contributed by atoms with Gasteiger partial charge in [0.1, 0.15) is 18.2 Å². The molecule has 5 nitrogen and oxygen atoms in total. The Labute approximate surface area is 113 Å². The van der Waals surface area contributed by atoms with Gasteiger partial charge in [-0.1, -0.05) is 0 Å². The first kappa shape index (κ1) is 15.0. The van der Waals surface area contributed by atoms with E-state index >= 15 is 0 Å². The van der Waals surface area contributed by atoms with Gasteiger partial charge in [-0.15, -0.1) is 0 Å². The maximum absolute atomic E-state index is 5.75. The summed E-state index contributed by atoms with van der Waals surface area (Å²) in [4.78, 5) is 8.50. The number of hydrogen-bond donors (Lipinski definition) is 2. The van der Waals surface area contributed by atoms with Crippen LogP contribution in [0, 0.1) is 0 Å². The Morgan fingerprint density at radius 1 is 1.44 bits per heavy atom. The summed E-state index contributed by atoms with van der Waals surface area (Å²) in [6.07, 6.45) is 2.09. The zero-order valence-electron chi connectivity index (χ0n) is 11.5. The minimum absolute atomic E-state index is 0.153. The average Bonchev–Trinajstić information content (AvgIpc) is 2.33. The van der Waals surface area contributed by atoms with E-state index in [0.29, 0.717) is 24.9 Å². The van der Waals surface area contributed by atoms with E-state index in [4.69, 9.17) is 10.5 Å². The quantitative estimate of drug-likeness (QED) is 0.791. The molecule has 1 aromatic rings. The van der Waals surface area contributed by atoms with E-state index in [9.17, 15) is 0 Å². The smallest absolute Gasteiger partial charge is 0.158 e. The molecule has 0 saturated carbocycles. The molecule has 0 saturated heterocycles. The number of nitrogens with two attached hydrogens (primary N) is 1. The number of nitrogens with one attached hydrogen (secondary N) is 1. The van der Waals surface area contributed by atoms with Crippen molar-refractivity contribution in [2.75, 3.05) is 30.5 Å². The van der Waals surface area contributed by atoms with Crippen molar-refractivity contribution in [1.82, 2.24) is 9.97 Å². The number of hydrogen-bond acceptors (Lipinski definition) is 6. The molecule has 6 heteroatoms. The van der Waals surface area contributed by atoms with Crippen LogP contribution in [0.25, 0.3) is 0 Å². The Bertz CT molecular complexity index is 384. The first-order valence-electron chi connectivity index (χ1n) is 5.97. The minimum atomic E-state index is 0.153. The number of anilines is 2. The monoisotopic (exact) mass is 270 g/mol. The number of aromatic nitrogens is 2. The lowest BCUT2D eigenvalue weighted by Crippen LogP contribution is -2.26. The van der Waals surface area contributed by atoms with Gasteiger partial charge in [0.15, 0.2) is 5.82 Å². The molecule has 0 aromatic carbocycles. The third-order valence-corrected chi connectivity index (χ3v) is 3.72. The van der Waals surface area contributed by atoms with E-state index in [-0.39, 0.29) is 4.75 Å². The van der Waals surface area contributed by atoms with Crippen LogP contribution >= 0.6 is 11.8 Å². The lowest BCUT2D eigenvalue weighted by Gasteiger charge is -2.22. The molecular weight excluding hydrogens is 248 g/mol. The fourth-order valence-electron chi connectivity index (χ4n) is 1.24. The fraction of sp³-hybridized carbons (Fsp3) is 0.667. The number of nitrogens with zero attached hydrogens (tertiary/aromatic N) is 2. The van der Waals surface area contributed by atoms with Gasteiger partial charge in [0, 0.05) is 24.0 Å². The molecule has 102 valence electrons. The van der Waals surface area contributed by atoms with Crippen LogP contribution in [0.2, 0.25) is 0 Å². The van der Waals surface area contributed by atoms with Crippen LogP contribution < -0.4 is 11.1 Å². The summed E-state index contributed by atoms with van der Waals surface area (Å²) in [7, 11) is 0. The minimum Gasteiger partial charge on any atom is -0.384 e. The molecule has 0 bridgehead atoms. The van der Waals surface area contributed by atoms with Gasteiger partial charge >= 0.3 is 0 Å². The van der Waals surface area contributed by atoms with Gasteiger partial charge in [0.2, 0.25) is 0 Å². The van der Waals surface area contributed by atoms with Crippen molar-refractivity contribution in [1.29, 1.82) is 0 Å². The van der Waals surface area contributed by atoms with Crippen LogP contribution in [0.15, 0.2) is 6.07 Å². The molecule has 1 aromatic heterocycles. The van der Waals surface area contributed by atoms with E-state index in [1.54, 1.807) is 17.8 Å². The molecule has 0 radical (unpaired) electrons. The highest BCUT2D eigenvalue weighted by Gasteiger charge is 2.15. The normalized spacial score (nSPS) is 11.6. The second-order valence-corrected chi connectivity index (χ2v) is 6.06. The van der Waals surface area contributed by atoms with E-state index in [1.165, 1.54) is 0 Å². The van der Waals surface area contributed by atoms with Crippen LogP contribution in [-0.2, 0) is 11.3 Å². The molecule has 0 spiro atoms. The molecule has 0 amide bonds. The van der Waals surface area contributed by atoms with Crippen molar-refractivity contribution in [3.05, 3.63) is 11.9 Å². The van der Waals surface area contributed by atoms with Gasteiger partial charge < -0.3 is 15.8 Å². The molecule has 0 fully saturated rings. The van der Waals surface area contributed by atoms with Gasteiger partial charge in [0.05, 0.1) is 0 Å². The van der Waals surface area contributed by atoms with E-state index in [1.807, 2.05) is 6.92 Å². The summed E-state index contributed by atoms with van der Waals surface area (Å²) in [6.45, 7) is 8.14. The van der Waals surface area contributed by atoms with E-state index in [2.05, 4.69) is 35.4 Å². The van der Waals surface area contributed by atoms with Crippen LogP contribution in [-0.4, -0.2) is 34.1 Å². The molecule has 0 aliphatic heterocycles. The molecule has 1 heterocycles. The summed E-state index contributed by atoms with van der Waals surface area (Å²) in [5.74, 6) is 1.82. The summed E-state index contributed by atoms with van der Waals surface area (Å²) >= 11 is 1.81. The van der Waals surface area contributed by atoms with Gasteiger partial charge in [-0.25, -0.2) is 9.97 Å². The Hall–Kier alpha value is -1.01. The highest BCUT2D eigenvalue weighted by molar-refractivity contribution is 7.99. The molecule has 3 N–H and O–H groups in total. The number of nitrogen functional groups attached to an aromatic ring is 1. The SMILES string of the molecule is CCOCc1nc(N)cc(NCC(C)(C)SC)n1. The van der Waals surface area contributed by atoms with Crippen molar-refractivity contribution in [2.45, 2.75) is 32.1 Å². The Kier molecular flexibility index (Phi) is 5.68. The van der Waals surface area contributed by atoms with Crippen LogP contribution in [0.5, 0.6) is 0 Å². The zero-order chi connectivity index (χ0) is 13.6. The Balaban J connectivity index is 2.68. The molecule has 0 aliphatic rings. The fourth-order valence-corrected chi connectivity index (χ4v) is 1.46. The third kappa shape index (κ3) is 5.10. The molecule has 0 aliphatic carbocycles. The predicted octanol–water partition coefficient (Wildman–Crippen LogP) is 2.15. The van der Waals surface area contributed by atoms with Gasteiger partial charge in [-0.3, -0.25) is 0 Å². The summed E-state index contributed by atoms with van der Waals surface area (Å²) < 4.78 is 5.44. The summed E-state index contributed by atoms with van der Waals surface area (Å²) in [6, 6.07) is 1.74. The second-order valence-electron chi connectivity index (χ2n) is 4.55. The van der Waals surface area contributed by atoms with Gasteiger partial charge in [-0.2, -0.15) is 11.8 Å². The van der Waals surface area contributed by atoms with E-state index < -0.39 is 0 Å². The highest BCUT2D eigenvalue weighted by Crippen LogP contribution is 2.21. The molecule has 0 atom stereocenters. The lowest BCUT2D eigenvalue weighted by atomic mass is 10.2. The van der Waals surface area contributed by atoms with Crippen molar-refractivity contribution in [3.8, 4) is 0 Å². The largest absolute Gasteiger partial charge is 0.384 e. The Morgan fingerprint density at radius 3 is 2.78 bits per heavy atom.